The molecule has 10 heteroatoms. The lowest BCUT2D eigenvalue weighted by Gasteiger charge is -2.16. The van der Waals surface area contributed by atoms with E-state index in [-0.39, 0.29) is 47.6 Å². The molecule has 2 aromatic rings. The van der Waals surface area contributed by atoms with Crippen molar-refractivity contribution in [2.45, 2.75) is 25.3 Å². The number of esters is 1. The third-order valence-electron chi connectivity index (χ3n) is 5.08. The predicted octanol–water partition coefficient (Wildman–Crippen LogP) is 2.13. The van der Waals surface area contributed by atoms with Crippen molar-refractivity contribution in [2.24, 2.45) is 0 Å². The fourth-order valence-electron chi connectivity index (χ4n) is 3.38. The van der Waals surface area contributed by atoms with Gasteiger partial charge in [0.2, 0.25) is 0 Å². The fourth-order valence-corrected chi connectivity index (χ4v) is 4.43. The molecule has 0 radical (unpaired) electrons. The Balaban J connectivity index is 1.82. The van der Waals surface area contributed by atoms with Gasteiger partial charge in [-0.25, -0.2) is 13.2 Å². The molecule has 1 aliphatic rings. The van der Waals surface area contributed by atoms with Crippen LogP contribution in [0.3, 0.4) is 0 Å². The predicted molar refractivity (Wildman–Crippen MR) is 117 cm³/mol. The summed E-state index contributed by atoms with van der Waals surface area (Å²) in [5, 5.41) is 9.04. The first kappa shape index (κ1) is 23.9. The summed E-state index contributed by atoms with van der Waals surface area (Å²) in [4.78, 5) is 38.2. The Labute approximate surface area is 191 Å². The number of benzene rings is 2. The maximum atomic E-state index is 12.9. The lowest BCUT2D eigenvalue weighted by molar-refractivity contribution is -0.145. The number of ether oxygens (including phenoxy) is 2. The van der Waals surface area contributed by atoms with E-state index >= 15 is 0 Å². The molecule has 0 N–H and O–H groups in total. The van der Waals surface area contributed by atoms with Crippen molar-refractivity contribution in [2.75, 3.05) is 25.5 Å². The molecular weight excluding hydrogens is 448 g/mol. The molecule has 0 unspecified atom stereocenters. The molecule has 0 saturated heterocycles. The second-order valence-corrected chi connectivity index (χ2v) is 9.47. The number of carbonyl (C=O) groups is 3. The number of nitrogens with zero attached hydrogens (tertiary/aromatic N) is 2. The summed E-state index contributed by atoms with van der Waals surface area (Å²) in [7, 11) is -3.77. The van der Waals surface area contributed by atoms with E-state index in [9.17, 15) is 22.8 Å². The minimum Gasteiger partial charge on any atom is -0.481 e. The van der Waals surface area contributed by atoms with Gasteiger partial charge in [-0.15, -0.1) is 0 Å². The molecule has 0 fully saturated rings. The normalized spacial score (nSPS) is 12.8. The van der Waals surface area contributed by atoms with Gasteiger partial charge in [-0.05, 0) is 48.9 Å². The van der Waals surface area contributed by atoms with Crippen LogP contribution in [-0.4, -0.2) is 56.5 Å². The SMILES string of the molecule is CCOC(=O)COc1ccc(C(=O)CN2Cc3cc(C#N)ccc3C2=O)cc1S(=O)(=O)CC. The largest absolute Gasteiger partial charge is 0.481 e. The molecule has 0 saturated carbocycles. The number of fused-ring (bicyclic) bond motifs is 1. The molecule has 1 heterocycles. The maximum absolute atomic E-state index is 12.9. The first-order valence-electron chi connectivity index (χ1n) is 10.2. The number of amides is 1. The van der Waals surface area contributed by atoms with Gasteiger partial charge in [-0.3, -0.25) is 9.59 Å². The molecule has 9 nitrogen and oxygen atoms in total. The molecule has 0 aromatic heterocycles. The van der Waals surface area contributed by atoms with Crippen LogP contribution in [0.1, 0.15) is 45.7 Å². The van der Waals surface area contributed by atoms with E-state index in [1.165, 1.54) is 30.0 Å². The zero-order valence-electron chi connectivity index (χ0n) is 18.2. The number of rotatable bonds is 9. The number of hydrogen-bond donors (Lipinski definition) is 0. The number of carbonyl (C=O) groups excluding carboxylic acids is 3. The first-order chi connectivity index (χ1) is 15.7. The van der Waals surface area contributed by atoms with Crippen LogP contribution in [0, 0.1) is 11.3 Å². The number of Topliss-reactive ketones (excluding diaryl/α,β-unsaturated/α-hetero) is 1. The maximum Gasteiger partial charge on any atom is 0.344 e. The standard InChI is InChI=1S/C23H22N2O7S/c1-3-31-22(27)14-32-20-8-6-16(10-21(20)33(29,30)4-2)19(26)13-25-12-17-9-15(11-24)5-7-18(17)23(25)28/h5-10H,3-4,12-14H2,1-2H3. The number of nitriles is 1. The van der Waals surface area contributed by atoms with Crippen molar-refractivity contribution in [3.8, 4) is 11.8 Å². The van der Waals surface area contributed by atoms with E-state index in [0.29, 0.717) is 16.7 Å². The van der Waals surface area contributed by atoms with E-state index in [2.05, 4.69) is 0 Å². The third kappa shape index (κ3) is 5.21. The topological polar surface area (TPSA) is 131 Å². The average molecular weight is 471 g/mol. The summed E-state index contributed by atoms with van der Waals surface area (Å²) in [6, 6.07) is 10.6. The van der Waals surface area contributed by atoms with E-state index < -0.39 is 28.2 Å². The second-order valence-electron chi connectivity index (χ2n) is 7.23. The highest BCUT2D eigenvalue weighted by molar-refractivity contribution is 7.91. The Morgan fingerprint density at radius 1 is 1.15 bits per heavy atom. The van der Waals surface area contributed by atoms with Gasteiger partial charge in [0, 0.05) is 17.7 Å². The molecule has 1 aliphatic heterocycles. The van der Waals surface area contributed by atoms with Crippen molar-refractivity contribution in [3.63, 3.8) is 0 Å². The van der Waals surface area contributed by atoms with Gasteiger partial charge in [0.05, 0.1) is 30.5 Å². The molecule has 33 heavy (non-hydrogen) atoms. The molecule has 0 spiro atoms. The van der Waals surface area contributed by atoms with Crippen LogP contribution in [0.25, 0.3) is 0 Å². The van der Waals surface area contributed by atoms with Crippen molar-refractivity contribution in [1.82, 2.24) is 4.90 Å². The minimum atomic E-state index is -3.77. The van der Waals surface area contributed by atoms with Gasteiger partial charge in [0.25, 0.3) is 5.91 Å². The lowest BCUT2D eigenvalue weighted by atomic mass is 10.1. The molecule has 3 rings (SSSR count). The molecule has 2 aromatic carbocycles. The number of sulfone groups is 1. The van der Waals surface area contributed by atoms with Crippen molar-refractivity contribution < 1.29 is 32.3 Å². The van der Waals surface area contributed by atoms with E-state index in [1.54, 1.807) is 25.1 Å². The van der Waals surface area contributed by atoms with Crippen molar-refractivity contribution in [3.05, 3.63) is 58.7 Å². The molecular formula is C23H22N2O7S. The fraction of sp³-hybridized carbons (Fsp3) is 0.304. The number of hydrogen-bond acceptors (Lipinski definition) is 8. The Kier molecular flexibility index (Phi) is 7.13. The highest BCUT2D eigenvalue weighted by Crippen LogP contribution is 2.28. The summed E-state index contributed by atoms with van der Waals surface area (Å²) < 4.78 is 35.3. The summed E-state index contributed by atoms with van der Waals surface area (Å²) in [5.41, 5.74) is 1.59. The van der Waals surface area contributed by atoms with Gasteiger partial charge in [-0.1, -0.05) is 6.92 Å². The first-order valence-corrected chi connectivity index (χ1v) is 11.9. The smallest absolute Gasteiger partial charge is 0.344 e. The van der Waals surface area contributed by atoms with E-state index in [4.69, 9.17) is 14.7 Å². The van der Waals surface area contributed by atoms with Crippen LogP contribution >= 0.6 is 0 Å². The highest BCUT2D eigenvalue weighted by Gasteiger charge is 2.30. The van der Waals surface area contributed by atoms with Gasteiger partial charge in [-0.2, -0.15) is 5.26 Å². The van der Waals surface area contributed by atoms with Crippen LogP contribution < -0.4 is 4.74 Å². The second kappa shape index (κ2) is 9.83. The van der Waals surface area contributed by atoms with Gasteiger partial charge < -0.3 is 14.4 Å². The zero-order valence-corrected chi connectivity index (χ0v) is 19.0. The lowest BCUT2D eigenvalue weighted by Crippen LogP contribution is -2.30. The minimum absolute atomic E-state index is 0.0601. The number of ketones is 1. The van der Waals surface area contributed by atoms with Crippen molar-refractivity contribution in [1.29, 1.82) is 5.26 Å². The average Bonchev–Trinajstić information content (AvgIpc) is 3.11. The van der Waals surface area contributed by atoms with E-state index in [1.807, 2.05) is 6.07 Å². The molecule has 172 valence electrons. The summed E-state index contributed by atoms with van der Waals surface area (Å²) in [6.45, 7) is 2.69. The van der Waals surface area contributed by atoms with E-state index in [0.717, 1.165) is 0 Å². The van der Waals surface area contributed by atoms with Crippen LogP contribution in [-0.2, 0) is 25.9 Å². The third-order valence-corrected chi connectivity index (χ3v) is 6.83. The van der Waals surface area contributed by atoms with Gasteiger partial charge >= 0.3 is 5.97 Å². The Hall–Kier alpha value is -3.71. The summed E-state index contributed by atoms with van der Waals surface area (Å²) >= 11 is 0. The highest BCUT2D eigenvalue weighted by atomic mass is 32.2. The van der Waals surface area contributed by atoms with Crippen molar-refractivity contribution >= 4 is 27.5 Å². The van der Waals surface area contributed by atoms with Crippen LogP contribution in [0.5, 0.6) is 5.75 Å². The molecule has 0 atom stereocenters. The van der Waals surface area contributed by atoms with Gasteiger partial charge in [0.15, 0.2) is 22.2 Å². The Morgan fingerprint density at radius 2 is 1.91 bits per heavy atom. The van der Waals surface area contributed by atoms with Crippen LogP contribution in [0.4, 0.5) is 0 Å². The Morgan fingerprint density at radius 3 is 2.58 bits per heavy atom. The van der Waals surface area contributed by atoms with Crippen LogP contribution in [0.15, 0.2) is 41.3 Å². The monoisotopic (exact) mass is 470 g/mol. The zero-order chi connectivity index (χ0) is 24.2. The van der Waals surface area contributed by atoms with Crippen LogP contribution in [0.2, 0.25) is 0 Å². The molecule has 0 bridgehead atoms. The Bertz CT molecular complexity index is 1260. The van der Waals surface area contributed by atoms with Gasteiger partial charge in [0.1, 0.15) is 10.6 Å². The summed E-state index contributed by atoms with van der Waals surface area (Å²) in [5.74, 6) is -1.74. The molecule has 0 aliphatic carbocycles. The molecule has 1 amide bonds. The summed E-state index contributed by atoms with van der Waals surface area (Å²) in [6.07, 6.45) is 0. The quantitative estimate of drug-likeness (QED) is 0.402.